The Morgan fingerprint density at radius 2 is 2.40 bits per heavy atom. The maximum Gasteiger partial charge on any atom is 0.122 e. The van der Waals surface area contributed by atoms with E-state index in [1.165, 1.54) is 0 Å². The molecule has 0 fully saturated rings. The predicted molar refractivity (Wildman–Crippen MR) is 59.4 cm³/mol. The molecule has 0 spiro atoms. The fraction of sp³-hybridized carbons (Fsp3) is 0.455. The topological polar surface area (TPSA) is 55.5 Å². The molecule has 4 heteroatoms. The van der Waals surface area contributed by atoms with E-state index in [4.69, 9.17) is 27.2 Å². The lowest BCUT2D eigenvalue weighted by molar-refractivity contribution is 0.209. The Bertz CT molecular complexity index is 356. The average molecular weight is 228 g/mol. The maximum atomic E-state index is 9.08. The van der Waals surface area contributed by atoms with Crippen molar-refractivity contribution in [3.8, 4) is 5.75 Å². The van der Waals surface area contributed by atoms with Crippen molar-refractivity contribution >= 4 is 11.6 Å². The molecule has 1 heterocycles. The number of aliphatic hydroxyl groups is 1. The number of hydrogen-bond donors (Lipinski definition) is 2. The second-order valence-corrected chi connectivity index (χ2v) is 4.21. The zero-order chi connectivity index (χ0) is 10.8. The first-order chi connectivity index (χ1) is 7.22. The summed E-state index contributed by atoms with van der Waals surface area (Å²) in [5.74, 6) is 0.969. The van der Waals surface area contributed by atoms with Crippen molar-refractivity contribution in [3.63, 3.8) is 0 Å². The summed E-state index contributed by atoms with van der Waals surface area (Å²) in [4.78, 5) is 0. The first-order valence-electron chi connectivity index (χ1n) is 5.01. The van der Waals surface area contributed by atoms with Crippen LogP contribution in [0.2, 0.25) is 5.02 Å². The molecule has 3 N–H and O–H groups in total. The van der Waals surface area contributed by atoms with Crippen LogP contribution >= 0.6 is 11.6 Å². The van der Waals surface area contributed by atoms with Crippen LogP contribution in [0.5, 0.6) is 5.75 Å². The fourth-order valence-electron chi connectivity index (χ4n) is 1.96. The van der Waals surface area contributed by atoms with Crippen LogP contribution in [0.25, 0.3) is 0 Å². The molecular formula is C11H14ClNO2. The van der Waals surface area contributed by atoms with Crippen molar-refractivity contribution in [2.24, 2.45) is 5.73 Å². The first-order valence-corrected chi connectivity index (χ1v) is 5.39. The van der Waals surface area contributed by atoms with Crippen molar-refractivity contribution in [1.82, 2.24) is 0 Å². The standard InChI is InChI=1S/C11H14ClNO2/c12-7-1-2-11-9(5-7)8(3-4-15-11)10(13)6-14/h1-2,5,8,10,14H,3-4,6,13H2. The van der Waals surface area contributed by atoms with Crippen LogP contribution < -0.4 is 10.5 Å². The summed E-state index contributed by atoms with van der Waals surface area (Å²) in [5.41, 5.74) is 6.87. The SMILES string of the molecule is NC(CO)C1CCOc2ccc(Cl)cc21. The Balaban J connectivity index is 2.36. The number of ether oxygens (including phenoxy) is 1. The van der Waals surface area contributed by atoms with E-state index in [2.05, 4.69) is 0 Å². The monoisotopic (exact) mass is 227 g/mol. The molecule has 0 saturated carbocycles. The molecule has 1 aliphatic heterocycles. The second-order valence-electron chi connectivity index (χ2n) is 3.77. The molecule has 15 heavy (non-hydrogen) atoms. The lowest BCUT2D eigenvalue weighted by atomic mass is 9.87. The molecule has 2 unspecified atom stereocenters. The molecule has 82 valence electrons. The molecule has 0 radical (unpaired) electrons. The van der Waals surface area contributed by atoms with E-state index in [1.807, 2.05) is 12.1 Å². The summed E-state index contributed by atoms with van der Waals surface area (Å²) in [6.07, 6.45) is 0.828. The Labute approximate surface area is 93.8 Å². The third-order valence-electron chi connectivity index (χ3n) is 2.79. The van der Waals surface area contributed by atoms with E-state index < -0.39 is 0 Å². The smallest absolute Gasteiger partial charge is 0.122 e. The summed E-state index contributed by atoms with van der Waals surface area (Å²) < 4.78 is 5.51. The van der Waals surface area contributed by atoms with Gasteiger partial charge in [-0.1, -0.05) is 11.6 Å². The third-order valence-corrected chi connectivity index (χ3v) is 3.02. The van der Waals surface area contributed by atoms with Gasteiger partial charge in [0.05, 0.1) is 13.2 Å². The fourth-order valence-corrected chi connectivity index (χ4v) is 2.14. The van der Waals surface area contributed by atoms with E-state index >= 15 is 0 Å². The zero-order valence-electron chi connectivity index (χ0n) is 8.32. The van der Waals surface area contributed by atoms with Gasteiger partial charge in [0, 0.05) is 22.5 Å². The van der Waals surface area contributed by atoms with E-state index in [0.29, 0.717) is 11.6 Å². The van der Waals surface area contributed by atoms with Crippen LogP contribution in [0, 0.1) is 0 Å². The normalized spacial score (nSPS) is 21.7. The predicted octanol–water partition coefficient (Wildman–Crippen LogP) is 1.53. The van der Waals surface area contributed by atoms with Crippen molar-refractivity contribution in [2.75, 3.05) is 13.2 Å². The molecule has 0 saturated heterocycles. The molecule has 1 aromatic carbocycles. The highest BCUT2D eigenvalue weighted by molar-refractivity contribution is 6.30. The lowest BCUT2D eigenvalue weighted by Gasteiger charge is -2.29. The average Bonchev–Trinajstić information content (AvgIpc) is 2.27. The number of benzene rings is 1. The van der Waals surface area contributed by atoms with E-state index in [0.717, 1.165) is 17.7 Å². The highest BCUT2D eigenvalue weighted by Crippen LogP contribution is 2.36. The van der Waals surface area contributed by atoms with Gasteiger partial charge in [0.1, 0.15) is 5.75 Å². The second kappa shape index (κ2) is 4.39. The molecule has 3 nitrogen and oxygen atoms in total. The summed E-state index contributed by atoms with van der Waals surface area (Å²) in [7, 11) is 0. The number of halogens is 1. The summed E-state index contributed by atoms with van der Waals surface area (Å²) >= 11 is 5.93. The van der Waals surface area contributed by atoms with Crippen LogP contribution in [0.4, 0.5) is 0 Å². The molecule has 2 atom stereocenters. The van der Waals surface area contributed by atoms with Crippen LogP contribution in [-0.2, 0) is 0 Å². The van der Waals surface area contributed by atoms with Crippen molar-refractivity contribution in [2.45, 2.75) is 18.4 Å². The number of fused-ring (bicyclic) bond motifs is 1. The summed E-state index contributed by atoms with van der Waals surface area (Å²) in [6, 6.07) is 5.28. The lowest BCUT2D eigenvalue weighted by Crippen LogP contribution is -2.35. The highest BCUT2D eigenvalue weighted by atomic mass is 35.5. The molecule has 0 aliphatic carbocycles. The Morgan fingerprint density at radius 3 is 3.13 bits per heavy atom. The van der Waals surface area contributed by atoms with E-state index in [9.17, 15) is 0 Å². The van der Waals surface area contributed by atoms with Crippen molar-refractivity contribution in [3.05, 3.63) is 28.8 Å². The van der Waals surface area contributed by atoms with Gasteiger partial charge in [0.25, 0.3) is 0 Å². The van der Waals surface area contributed by atoms with E-state index in [-0.39, 0.29) is 18.6 Å². The van der Waals surface area contributed by atoms with Gasteiger partial charge in [-0.05, 0) is 24.6 Å². The first kappa shape index (κ1) is 10.7. The molecule has 1 aliphatic rings. The van der Waals surface area contributed by atoms with Gasteiger partial charge in [-0.2, -0.15) is 0 Å². The molecular weight excluding hydrogens is 214 g/mol. The van der Waals surface area contributed by atoms with Gasteiger partial charge < -0.3 is 15.6 Å². The van der Waals surface area contributed by atoms with E-state index in [1.54, 1.807) is 6.07 Å². The zero-order valence-corrected chi connectivity index (χ0v) is 9.07. The molecule has 0 amide bonds. The van der Waals surface area contributed by atoms with Gasteiger partial charge in [-0.15, -0.1) is 0 Å². The number of hydrogen-bond acceptors (Lipinski definition) is 3. The molecule has 2 rings (SSSR count). The maximum absolute atomic E-state index is 9.08. The quantitative estimate of drug-likeness (QED) is 0.806. The van der Waals surface area contributed by atoms with Gasteiger partial charge in [-0.3, -0.25) is 0 Å². The molecule has 0 aromatic heterocycles. The number of nitrogens with two attached hydrogens (primary N) is 1. The number of rotatable bonds is 2. The van der Waals surface area contributed by atoms with Gasteiger partial charge in [-0.25, -0.2) is 0 Å². The van der Waals surface area contributed by atoms with Gasteiger partial charge in [0.2, 0.25) is 0 Å². The summed E-state index contributed by atoms with van der Waals surface area (Å²) in [5, 5.41) is 9.76. The largest absolute Gasteiger partial charge is 0.493 e. The van der Waals surface area contributed by atoms with Crippen LogP contribution in [0.1, 0.15) is 17.9 Å². The minimum Gasteiger partial charge on any atom is -0.493 e. The van der Waals surface area contributed by atoms with Crippen LogP contribution in [-0.4, -0.2) is 24.4 Å². The summed E-state index contributed by atoms with van der Waals surface area (Å²) in [6.45, 7) is 0.629. The van der Waals surface area contributed by atoms with Gasteiger partial charge in [0.15, 0.2) is 0 Å². The minimum absolute atomic E-state index is 0.0172. The van der Waals surface area contributed by atoms with Gasteiger partial charge >= 0.3 is 0 Å². The van der Waals surface area contributed by atoms with Crippen LogP contribution in [0.3, 0.4) is 0 Å². The van der Waals surface area contributed by atoms with Crippen molar-refractivity contribution in [1.29, 1.82) is 0 Å². The van der Waals surface area contributed by atoms with Crippen LogP contribution in [0.15, 0.2) is 18.2 Å². The van der Waals surface area contributed by atoms with Crippen molar-refractivity contribution < 1.29 is 9.84 Å². The number of aliphatic hydroxyl groups excluding tert-OH is 1. The Hall–Kier alpha value is -0.770. The Morgan fingerprint density at radius 1 is 1.60 bits per heavy atom. The molecule has 1 aromatic rings. The minimum atomic E-state index is -0.244. The third kappa shape index (κ3) is 2.09. The Kier molecular flexibility index (Phi) is 3.14. The highest BCUT2D eigenvalue weighted by Gasteiger charge is 2.26. The molecule has 0 bridgehead atoms.